The van der Waals surface area contributed by atoms with Gasteiger partial charge in [-0.05, 0) is 42.8 Å². The van der Waals surface area contributed by atoms with Crippen LogP contribution in [0.2, 0.25) is 0 Å². The van der Waals surface area contributed by atoms with Crippen LogP contribution >= 0.6 is 0 Å². The molecule has 2 aromatic carbocycles. The van der Waals surface area contributed by atoms with Gasteiger partial charge in [0.15, 0.2) is 5.58 Å². The highest BCUT2D eigenvalue weighted by Gasteiger charge is 2.10. The van der Waals surface area contributed by atoms with E-state index in [1.165, 1.54) is 0 Å². The van der Waals surface area contributed by atoms with Crippen LogP contribution in [0.4, 0.5) is 6.01 Å². The molecule has 5 nitrogen and oxygen atoms in total. The summed E-state index contributed by atoms with van der Waals surface area (Å²) >= 11 is 0. The van der Waals surface area contributed by atoms with Gasteiger partial charge in [-0.1, -0.05) is 24.3 Å². The van der Waals surface area contributed by atoms with Gasteiger partial charge in [-0.2, -0.15) is 10.1 Å². The number of hydrogen-bond donors (Lipinski definition) is 1. The molecule has 0 aliphatic heterocycles. The minimum atomic E-state index is 0.0923. The number of hydrogen-bond acceptors (Lipinski definition) is 4. The van der Waals surface area contributed by atoms with Gasteiger partial charge in [0.05, 0.1) is 11.7 Å². The van der Waals surface area contributed by atoms with Gasteiger partial charge in [-0.25, -0.2) is 4.68 Å². The van der Waals surface area contributed by atoms with Gasteiger partial charge in [-0.3, -0.25) is 0 Å². The van der Waals surface area contributed by atoms with Crippen molar-refractivity contribution in [1.29, 1.82) is 0 Å². The fraction of sp³-hybridized carbons (Fsp3) is 0.111. The predicted octanol–water partition coefficient (Wildman–Crippen LogP) is 4.19. The third-order valence-corrected chi connectivity index (χ3v) is 3.80. The van der Waals surface area contributed by atoms with Crippen LogP contribution in [-0.4, -0.2) is 14.8 Å². The molecule has 1 unspecified atom stereocenters. The van der Waals surface area contributed by atoms with Gasteiger partial charge in [0, 0.05) is 12.4 Å². The standard InChI is InChI=1S/C18H16N4O/c1-13(20-18-21-16-5-2-3-6-17(16)23-18)14-7-9-15(10-8-14)22-12-4-11-19-22/h2-13H,1H3,(H,20,21). The van der Waals surface area contributed by atoms with Crippen molar-refractivity contribution in [2.45, 2.75) is 13.0 Å². The summed E-state index contributed by atoms with van der Waals surface area (Å²) in [4.78, 5) is 4.44. The summed E-state index contributed by atoms with van der Waals surface area (Å²) in [6.45, 7) is 2.08. The van der Waals surface area contributed by atoms with E-state index in [1.54, 1.807) is 6.20 Å². The molecule has 1 atom stereocenters. The number of fused-ring (bicyclic) bond motifs is 1. The van der Waals surface area contributed by atoms with E-state index in [0.717, 1.165) is 22.4 Å². The zero-order chi connectivity index (χ0) is 15.6. The first kappa shape index (κ1) is 13.6. The van der Waals surface area contributed by atoms with Gasteiger partial charge in [-0.15, -0.1) is 0 Å². The molecule has 114 valence electrons. The van der Waals surface area contributed by atoms with Gasteiger partial charge < -0.3 is 9.73 Å². The molecule has 0 amide bonds. The summed E-state index contributed by atoms with van der Waals surface area (Å²) in [7, 11) is 0. The van der Waals surface area contributed by atoms with Crippen LogP contribution in [-0.2, 0) is 0 Å². The van der Waals surface area contributed by atoms with Gasteiger partial charge in [0.2, 0.25) is 0 Å². The topological polar surface area (TPSA) is 55.9 Å². The first-order valence-corrected chi connectivity index (χ1v) is 7.52. The number of para-hydroxylation sites is 2. The molecular formula is C18H16N4O. The van der Waals surface area contributed by atoms with E-state index in [1.807, 2.05) is 53.3 Å². The van der Waals surface area contributed by atoms with E-state index in [-0.39, 0.29) is 6.04 Å². The highest BCUT2D eigenvalue weighted by Crippen LogP contribution is 2.23. The maximum Gasteiger partial charge on any atom is 0.296 e. The Kier molecular flexibility index (Phi) is 3.31. The summed E-state index contributed by atoms with van der Waals surface area (Å²) in [5.41, 5.74) is 3.84. The summed E-state index contributed by atoms with van der Waals surface area (Å²) < 4.78 is 7.54. The fourth-order valence-corrected chi connectivity index (χ4v) is 2.54. The second kappa shape index (κ2) is 5.61. The van der Waals surface area contributed by atoms with Crippen molar-refractivity contribution >= 4 is 17.1 Å². The normalized spacial score (nSPS) is 12.4. The predicted molar refractivity (Wildman–Crippen MR) is 89.6 cm³/mol. The van der Waals surface area contributed by atoms with Crippen LogP contribution < -0.4 is 5.32 Å². The Labute approximate surface area is 133 Å². The van der Waals surface area contributed by atoms with Gasteiger partial charge >= 0.3 is 0 Å². The molecule has 5 heteroatoms. The molecule has 4 rings (SSSR count). The van der Waals surface area contributed by atoms with Crippen molar-refractivity contribution in [3.05, 3.63) is 72.6 Å². The molecule has 0 spiro atoms. The van der Waals surface area contributed by atoms with E-state index in [4.69, 9.17) is 4.42 Å². The Morgan fingerprint density at radius 2 is 1.87 bits per heavy atom. The lowest BCUT2D eigenvalue weighted by Crippen LogP contribution is -2.07. The Bertz CT molecular complexity index is 877. The van der Waals surface area contributed by atoms with Crippen LogP contribution in [0.5, 0.6) is 0 Å². The van der Waals surface area contributed by atoms with Crippen molar-refractivity contribution in [2.75, 3.05) is 5.32 Å². The average Bonchev–Trinajstić information content (AvgIpc) is 3.24. The maximum atomic E-state index is 5.71. The monoisotopic (exact) mass is 304 g/mol. The third kappa shape index (κ3) is 2.68. The Morgan fingerprint density at radius 3 is 2.61 bits per heavy atom. The summed E-state index contributed by atoms with van der Waals surface area (Å²) in [6, 6.07) is 18.5. The first-order valence-electron chi connectivity index (χ1n) is 7.52. The van der Waals surface area contributed by atoms with Crippen LogP contribution in [0.3, 0.4) is 0 Å². The smallest absolute Gasteiger partial charge is 0.296 e. The number of aromatic nitrogens is 3. The Morgan fingerprint density at radius 1 is 1.04 bits per heavy atom. The maximum absolute atomic E-state index is 5.71. The lowest BCUT2D eigenvalue weighted by molar-refractivity contribution is 0.604. The number of benzene rings is 2. The SMILES string of the molecule is CC(Nc1nc2ccccc2o1)c1ccc(-n2cccn2)cc1. The van der Waals surface area contributed by atoms with E-state index >= 15 is 0 Å². The van der Waals surface area contributed by atoms with Gasteiger partial charge in [0.25, 0.3) is 6.01 Å². The Balaban J connectivity index is 1.53. The van der Waals surface area contributed by atoms with Crippen molar-refractivity contribution in [1.82, 2.24) is 14.8 Å². The molecule has 2 heterocycles. The molecule has 23 heavy (non-hydrogen) atoms. The molecule has 0 saturated carbocycles. The lowest BCUT2D eigenvalue weighted by atomic mass is 10.1. The summed E-state index contributed by atoms with van der Waals surface area (Å²) in [5, 5.41) is 7.53. The van der Waals surface area contributed by atoms with Crippen LogP contribution in [0, 0.1) is 0 Å². The summed E-state index contributed by atoms with van der Waals surface area (Å²) in [5.74, 6) is 0. The number of oxazole rings is 1. The quantitative estimate of drug-likeness (QED) is 0.614. The van der Waals surface area contributed by atoms with Crippen molar-refractivity contribution < 1.29 is 4.42 Å². The van der Waals surface area contributed by atoms with E-state index < -0.39 is 0 Å². The largest absolute Gasteiger partial charge is 0.424 e. The van der Waals surface area contributed by atoms with Crippen LogP contribution in [0.15, 0.2) is 71.4 Å². The Hall–Kier alpha value is -3.08. The number of rotatable bonds is 4. The van der Waals surface area contributed by atoms with E-state index in [0.29, 0.717) is 6.01 Å². The number of anilines is 1. The minimum Gasteiger partial charge on any atom is -0.424 e. The first-order chi connectivity index (χ1) is 11.3. The van der Waals surface area contributed by atoms with Gasteiger partial charge in [0.1, 0.15) is 5.52 Å². The van der Waals surface area contributed by atoms with Crippen molar-refractivity contribution in [3.63, 3.8) is 0 Å². The molecule has 1 N–H and O–H groups in total. The second-order valence-corrected chi connectivity index (χ2v) is 5.39. The average molecular weight is 304 g/mol. The minimum absolute atomic E-state index is 0.0923. The number of nitrogens with one attached hydrogen (secondary N) is 1. The van der Waals surface area contributed by atoms with Crippen molar-refractivity contribution in [2.24, 2.45) is 0 Å². The molecule has 0 aliphatic carbocycles. The zero-order valence-electron chi connectivity index (χ0n) is 12.7. The number of nitrogens with zero attached hydrogens (tertiary/aromatic N) is 3. The van der Waals surface area contributed by atoms with Crippen LogP contribution in [0.25, 0.3) is 16.8 Å². The molecule has 0 bridgehead atoms. The highest BCUT2D eigenvalue weighted by molar-refractivity contribution is 5.74. The third-order valence-electron chi connectivity index (χ3n) is 3.80. The van der Waals surface area contributed by atoms with Crippen molar-refractivity contribution in [3.8, 4) is 5.69 Å². The molecule has 0 radical (unpaired) electrons. The molecule has 4 aromatic rings. The highest BCUT2D eigenvalue weighted by atomic mass is 16.4. The molecular weight excluding hydrogens is 288 g/mol. The fourth-order valence-electron chi connectivity index (χ4n) is 2.54. The molecule has 2 aromatic heterocycles. The second-order valence-electron chi connectivity index (χ2n) is 5.39. The molecule has 0 aliphatic rings. The molecule has 0 fully saturated rings. The van der Waals surface area contributed by atoms with E-state index in [2.05, 4.69) is 34.5 Å². The lowest BCUT2D eigenvalue weighted by Gasteiger charge is -2.13. The van der Waals surface area contributed by atoms with Crippen LogP contribution in [0.1, 0.15) is 18.5 Å². The summed E-state index contributed by atoms with van der Waals surface area (Å²) in [6.07, 6.45) is 3.69. The zero-order valence-corrected chi connectivity index (χ0v) is 12.7. The molecule has 0 saturated heterocycles. The van der Waals surface area contributed by atoms with E-state index in [9.17, 15) is 0 Å².